The molecule has 0 bridgehead atoms. The van der Waals surface area contributed by atoms with Gasteiger partial charge in [-0.3, -0.25) is 9.69 Å². The molecule has 1 saturated heterocycles. The van der Waals surface area contributed by atoms with E-state index in [0.29, 0.717) is 31.1 Å². The molecule has 1 amide bonds. The van der Waals surface area contributed by atoms with Crippen LogP contribution in [0.4, 0.5) is 18.0 Å². The summed E-state index contributed by atoms with van der Waals surface area (Å²) in [5.41, 5.74) is -0.419. The second kappa shape index (κ2) is 14.3. The summed E-state index contributed by atoms with van der Waals surface area (Å²) in [7, 11) is 1.35. The molecule has 2 aliphatic heterocycles. The number of methoxy groups -OCH3 is 1. The van der Waals surface area contributed by atoms with E-state index < -0.39 is 23.7 Å². The fourth-order valence-electron chi connectivity index (χ4n) is 3.65. The third kappa shape index (κ3) is 9.95. The largest absolute Gasteiger partial charge is 0.497 e. The highest BCUT2D eigenvalue weighted by molar-refractivity contribution is 8.18. The number of aliphatic carboxylic acids is 2. The number of terminal acetylenes is 1. The summed E-state index contributed by atoms with van der Waals surface area (Å²) in [6, 6.07) is 4.08. The number of likely N-dealkylation sites (tertiary alicyclic amines) is 1. The van der Waals surface area contributed by atoms with Gasteiger partial charge in [-0.05, 0) is 61.3 Å². The van der Waals surface area contributed by atoms with Crippen LogP contribution in [0.15, 0.2) is 46.3 Å². The van der Waals surface area contributed by atoms with Gasteiger partial charge in [0.15, 0.2) is 0 Å². The molecular formula is C25H26F3N3O6S. The molecule has 9 nitrogen and oxygen atoms in total. The molecular weight excluding hydrogens is 527 g/mol. The summed E-state index contributed by atoms with van der Waals surface area (Å²) in [5, 5.41) is 18.3. The van der Waals surface area contributed by atoms with Gasteiger partial charge in [-0.25, -0.2) is 9.59 Å². The molecule has 3 rings (SSSR count). The quantitative estimate of drug-likeness (QED) is 0.339. The van der Waals surface area contributed by atoms with Crippen molar-refractivity contribution >= 4 is 34.8 Å². The van der Waals surface area contributed by atoms with Crippen molar-refractivity contribution in [1.82, 2.24) is 10.2 Å². The number of halogens is 3. The minimum absolute atomic E-state index is 0.191. The second-order valence-corrected chi connectivity index (χ2v) is 9.05. The zero-order valence-corrected chi connectivity index (χ0v) is 21.1. The van der Waals surface area contributed by atoms with Gasteiger partial charge in [0.2, 0.25) is 0 Å². The molecule has 0 aromatic heterocycles. The van der Waals surface area contributed by atoms with Crippen LogP contribution in [0.2, 0.25) is 0 Å². The maximum Gasteiger partial charge on any atom is 0.416 e. The highest BCUT2D eigenvalue weighted by Crippen LogP contribution is 2.36. The predicted molar refractivity (Wildman–Crippen MR) is 136 cm³/mol. The van der Waals surface area contributed by atoms with Gasteiger partial charge in [-0.2, -0.15) is 18.2 Å². The Morgan fingerprint density at radius 3 is 2.42 bits per heavy atom. The topological polar surface area (TPSA) is 129 Å². The predicted octanol–water partition coefficient (Wildman–Crippen LogP) is 4.01. The third-order valence-corrected chi connectivity index (χ3v) is 6.21. The van der Waals surface area contributed by atoms with Gasteiger partial charge in [0.25, 0.3) is 0 Å². The van der Waals surface area contributed by atoms with Crippen LogP contribution < -0.4 is 10.1 Å². The van der Waals surface area contributed by atoms with E-state index >= 15 is 0 Å². The molecule has 0 unspecified atom stereocenters. The number of piperidine rings is 1. The molecule has 1 aromatic carbocycles. The van der Waals surface area contributed by atoms with E-state index in [4.69, 9.17) is 21.4 Å². The average Bonchev–Trinajstić information content (AvgIpc) is 3.21. The number of amidine groups is 1. The normalized spacial score (nSPS) is 17.5. The van der Waals surface area contributed by atoms with Gasteiger partial charge in [0, 0.05) is 18.7 Å². The van der Waals surface area contributed by atoms with Crippen molar-refractivity contribution < 1.29 is 42.5 Å². The molecule has 1 fully saturated rings. The van der Waals surface area contributed by atoms with Gasteiger partial charge < -0.3 is 20.3 Å². The first-order valence-electron chi connectivity index (χ1n) is 11.2. The van der Waals surface area contributed by atoms with E-state index in [1.807, 2.05) is 11.0 Å². The number of aliphatic imine (C=N–C) groups is 1. The van der Waals surface area contributed by atoms with Crippen LogP contribution in [0.3, 0.4) is 0 Å². The molecule has 2 heterocycles. The molecule has 38 heavy (non-hydrogen) atoms. The summed E-state index contributed by atoms with van der Waals surface area (Å²) in [6.07, 6.45) is 5.52. The summed E-state index contributed by atoms with van der Waals surface area (Å²) in [5.74, 6) is 0.853. The molecule has 1 aromatic rings. The number of carbonyl (C=O) groups excluding carboxylic acids is 1. The summed E-state index contributed by atoms with van der Waals surface area (Å²) in [6.45, 7) is 1.85. The van der Waals surface area contributed by atoms with E-state index in [0.717, 1.165) is 35.6 Å². The first kappa shape index (κ1) is 30.5. The zero-order valence-electron chi connectivity index (χ0n) is 20.3. The number of carboxylic acids is 2. The number of allylic oxidation sites excluding steroid dienone is 1. The Labute approximate surface area is 221 Å². The highest BCUT2D eigenvalue weighted by atomic mass is 32.2. The summed E-state index contributed by atoms with van der Waals surface area (Å²) in [4.78, 5) is 37.4. The van der Waals surface area contributed by atoms with E-state index in [-0.39, 0.29) is 35.6 Å². The van der Waals surface area contributed by atoms with Gasteiger partial charge in [0.05, 0.1) is 24.1 Å². The number of nitrogens with one attached hydrogen (secondary N) is 1. The zero-order chi connectivity index (χ0) is 28.3. The van der Waals surface area contributed by atoms with Crippen molar-refractivity contribution in [2.45, 2.75) is 25.6 Å². The van der Waals surface area contributed by atoms with Crippen molar-refractivity contribution in [3.05, 3.63) is 52.5 Å². The van der Waals surface area contributed by atoms with Crippen LogP contribution in [-0.4, -0.2) is 64.9 Å². The molecule has 0 atom stereocenters. The lowest BCUT2D eigenvalue weighted by atomic mass is 9.95. The fourth-order valence-corrected chi connectivity index (χ4v) is 4.45. The van der Waals surface area contributed by atoms with Crippen molar-refractivity contribution in [3.63, 3.8) is 0 Å². The van der Waals surface area contributed by atoms with Gasteiger partial charge in [0.1, 0.15) is 11.6 Å². The van der Waals surface area contributed by atoms with E-state index in [1.165, 1.54) is 13.2 Å². The van der Waals surface area contributed by atoms with E-state index in [2.05, 4.69) is 16.2 Å². The maximum absolute atomic E-state index is 13.4. The SMILES string of the molecule is C#CCNC1=NC(=O)SC1=CC1CCN(Cc2ccc(OC)cc2C(F)(F)F)CC1.O=C(O)C=CC(=O)O. The number of hydrogen-bond donors (Lipinski definition) is 3. The van der Waals surface area contributed by atoms with Gasteiger partial charge in [-0.1, -0.05) is 18.1 Å². The molecule has 0 saturated carbocycles. The number of benzene rings is 1. The fraction of sp³-hybridized carbons (Fsp3) is 0.360. The van der Waals surface area contributed by atoms with Crippen LogP contribution >= 0.6 is 11.8 Å². The second-order valence-electron chi connectivity index (χ2n) is 8.06. The maximum atomic E-state index is 13.4. The van der Waals surface area contributed by atoms with Crippen molar-refractivity contribution in [2.24, 2.45) is 10.9 Å². The first-order chi connectivity index (χ1) is 17.9. The van der Waals surface area contributed by atoms with Crippen LogP contribution in [0, 0.1) is 18.3 Å². The van der Waals surface area contributed by atoms with Crippen molar-refractivity contribution in [1.29, 1.82) is 0 Å². The number of nitrogens with zero attached hydrogens (tertiary/aromatic N) is 2. The Kier molecular flexibility index (Phi) is 11.4. The van der Waals surface area contributed by atoms with Crippen LogP contribution in [-0.2, 0) is 22.3 Å². The Bertz CT molecular complexity index is 1150. The Morgan fingerprint density at radius 1 is 1.26 bits per heavy atom. The van der Waals surface area contributed by atoms with Crippen LogP contribution in [0.5, 0.6) is 5.75 Å². The number of carboxylic acid groups (broad SMARTS) is 2. The standard InChI is InChI=1S/C21H22F3N3O2S.C4H4O4/c1-3-8-25-19-18(30-20(28)26-19)11-14-6-9-27(10-7-14)13-15-4-5-16(29-2)12-17(15)21(22,23)24;5-3(6)1-2-4(7)8/h1,4-5,11-12,14H,6-10,13H2,2H3,(H,25,26,28);1-2H,(H,5,6)(H,7,8). The number of alkyl halides is 3. The van der Waals surface area contributed by atoms with Crippen LogP contribution in [0.1, 0.15) is 24.0 Å². The molecule has 13 heteroatoms. The number of amides is 1. The molecule has 204 valence electrons. The van der Waals surface area contributed by atoms with Crippen molar-refractivity contribution in [2.75, 3.05) is 26.7 Å². The van der Waals surface area contributed by atoms with Crippen LogP contribution in [0.25, 0.3) is 0 Å². The lowest BCUT2D eigenvalue weighted by molar-refractivity contribution is -0.138. The first-order valence-corrected chi connectivity index (χ1v) is 12.0. The van der Waals surface area contributed by atoms with E-state index in [1.54, 1.807) is 6.07 Å². The molecule has 3 N–H and O–H groups in total. The number of carbonyl (C=O) groups is 3. The summed E-state index contributed by atoms with van der Waals surface area (Å²) < 4.78 is 45.2. The minimum atomic E-state index is -4.43. The Balaban J connectivity index is 0.000000550. The number of thioether (sulfide) groups is 1. The molecule has 0 radical (unpaired) electrons. The van der Waals surface area contributed by atoms with E-state index in [9.17, 15) is 27.6 Å². The third-order valence-electron chi connectivity index (χ3n) is 5.40. The van der Waals surface area contributed by atoms with Gasteiger partial charge >= 0.3 is 23.4 Å². The molecule has 0 spiro atoms. The van der Waals surface area contributed by atoms with Crippen molar-refractivity contribution in [3.8, 4) is 18.1 Å². The number of hydrogen-bond acceptors (Lipinski definition) is 7. The number of rotatable bonds is 7. The Morgan fingerprint density at radius 2 is 1.89 bits per heavy atom. The lowest BCUT2D eigenvalue weighted by Gasteiger charge is -2.31. The highest BCUT2D eigenvalue weighted by Gasteiger charge is 2.34. The monoisotopic (exact) mass is 553 g/mol. The Hall–Kier alpha value is -3.76. The summed E-state index contributed by atoms with van der Waals surface area (Å²) >= 11 is 1.07. The minimum Gasteiger partial charge on any atom is -0.497 e. The molecule has 2 aliphatic rings. The van der Waals surface area contributed by atoms with Gasteiger partial charge in [-0.15, -0.1) is 6.42 Å². The lowest BCUT2D eigenvalue weighted by Crippen LogP contribution is -2.33. The molecule has 0 aliphatic carbocycles. The number of ether oxygens (including phenoxy) is 1. The smallest absolute Gasteiger partial charge is 0.416 e. The average molecular weight is 554 g/mol.